The molecule has 4 heteroatoms. The number of hydrogen-bond donors (Lipinski definition) is 0. The summed E-state index contributed by atoms with van der Waals surface area (Å²) < 4.78 is 20.1. The normalized spacial score (nSPS) is 25.9. The smallest absolute Gasteiger partial charge is 0.132 e. The van der Waals surface area contributed by atoms with Crippen molar-refractivity contribution in [3.8, 4) is 0 Å². The van der Waals surface area contributed by atoms with Gasteiger partial charge in [-0.3, -0.25) is 9.88 Å². The number of aromatic nitrogens is 1. The fourth-order valence-electron chi connectivity index (χ4n) is 3.29. The number of morpholine rings is 1. The van der Waals surface area contributed by atoms with Crippen LogP contribution in [0.3, 0.4) is 0 Å². The standard InChI is InChI=1S/C17H17FN2O/c1-20-13-5-12(6-14(20)10-21-9-13)15-7-11-3-2-4-19-17(11)8-16(15)18/h2-5,7-8,13-14H,6,9-10H2,1H3. The van der Waals surface area contributed by atoms with Gasteiger partial charge in [-0.1, -0.05) is 12.1 Å². The van der Waals surface area contributed by atoms with Crippen LogP contribution in [0.25, 0.3) is 16.5 Å². The van der Waals surface area contributed by atoms with Crippen LogP contribution < -0.4 is 0 Å². The van der Waals surface area contributed by atoms with Gasteiger partial charge in [-0.25, -0.2) is 4.39 Å². The molecule has 3 heterocycles. The summed E-state index contributed by atoms with van der Waals surface area (Å²) in [5.74, 6) is -0.184. The van der Waals surface area contributed by atoms with Crippen LogP contribution >= 0.6 is 0 Å². The number of hydrogen-bond acceptors (Lipinski definition) is 3. The summed E-state index contributed by atoms with van der Waals surface area (Å²) in [5, 5.41) is 0.982. The molecule has 2 aliphatic heterocycles. The summed E-state index contributed by atoms with van der Waals surface area (Å²) in [7, 11) is 2.12. The second kappa shape index (κ2) is 4.90. The third-order valence-corrected chi connectivity index (χ3v) is 4.58. The minimum atomic E-state index is -0.184. The van der Waals surface area contributed by atoms with Crippen molar-refractivity contribution in [2.75, 3.05) is 20.3 Å². The lowest BCUT2D eigenvalue weighted by Gasteiger charge is -2.42. The van der Waals surface area contributed by atoms with Gasteiger partial charge >= 0.3 is 0 Å². The van der Waals surface area contributed by atoms with E-state index in [1.807, 2.05) is 18.2 Å². The van der Waals surface area contributed by atoms with Crippen LogP contribution in [0.2, 0.25) is 0 Å². The first-order valence-corrected chi connectivity index (χ1v) is 7.27. The summed E-state index contributed by atoms with van der Waals surface area (Å²) in [6.45, 7) is 1.41. The summed E-state index contributed by atoms with van der Waals surface area (Å²) in [6, 6.07) is 7.91. The van der Waals surface area contributed by atoms with Crippen molar-refractivity contribution in [1.82, 2.24) is 9.88 Å². The Morgan fingerprint density at radius 3 is 3.10 bits per heavy atom. The van der Waals surface area contributed by atoms with E-state index in [0.717, 1.165) is 24.0 Å². The number of benzene rings is 1. The topological polar surface area (TPSA) is 25.4 Å². The lowest BCUT2D eigenvalue weighted by atomic mass is 9.89. The Bertz CT molecular complexity index is 728. The lowest BCUT2D eigenvalue weighted by Crippen LogP contribution is -2.51. The number of halogens is 1. The average Bonchev–Trinajstić information content (AvgIpc) is 2.46. The molecule has 0 amide bonds. The van der Waals surface area contributed by atoms with Crippen LogP contribution in [0, 0.1) is 5.82 Å². The zero-order chi connectivity index (χ0) is 14.4. The van der Waals surface area contributed by atoms with E-state index in [9.17, 15) is 4.39 Å². The molecule has 108 valence electrons. The molecule has 2 atom stereocenters. The van der Waals surface area contributed by atoms with Crippen molar-refractivity contribution in [1.29, 1.82) is 0 Å². The number of nitrogens with zero attached hydrogens (tertiary/aromatic N) is 2. The minimum Gasteiger partial charge on any atom is -0.378 e. The van der Waals surface area contributed by atoms with Crippen LogP contribution in [0.5, 0.6) is 0 Å². The first kappa shape index (κ1) is 12.9. The van der Waals surface area contributed by atoms with Crippen molar-refractivity contribution in [2.24, 2.45) is 0 Å². The number of fused-ring (bicyclic) bond motifs is 3. The van der Waals surface area contributed by atoms with Gasteiger partial charge in [0.2, 0.25) is 0 Å². The molecule has 1 fully saturated rings. The van der Waals surface area contributed by atoms with Crippen LogP contribution in [0.15, 0.2) is 36.5 Å². The monoisotopic (exact) mass is 284 g/mol. The Morgan fingerprint density at radius 2 is 2.24 bits per heavy atom. The molecule has 2 unspecified atom stereocenters. The minimum absolute atomic E-state index is 0.184. The van der Waals surface area contributed by atoms with Gasteiger partial charge in [0.05, 0.1) is 24.8 Å². The van der Waals surface area contributed by atoms with Gasteiger partial charge in [-0.2, -0.15) is 0 Å². The molecule has 1 saturated heterocycles. The van der Waals surface area contributed by atoms with E-state index in [-0.39, 0.29) is 11.9 Å². The maximum Gasteiger partial charge on any atom is 0.132 e. The Kier molecular flexibility index (Phi) is 3.01. The largest absolute Gasteiger partial charge is 0.378 e. The molecule has 1 aromatic carbocycles. The van der Waals surface area contributed by atoms with E-state index in [4.69, 9.17) is 4.74 Å². The third kappa shape index (κ3) is 2.15. The molecule has 0 aliphatic carbocycles. The maximum absolute atomic E-state index is 14.5. The molecule has 1 aromatic heterocycles. The molecule has 3 nitrogen and oxygen atoms in total. The van der Waals surface area contributed by atoms with Gasteiger partial charge in [-0.05, 0) is 31.2 Å². The van der Waals surface area contributed by atoms with E-state index in [1.165, 1.54) is 6.07 Å². The predicted octanol–water partition coefficient (Wildman–Crippen LogP) is 2.86. The Labute approximate surface area is 123 Å². The van der Waals surface area contributed by atoms with Crippen molar-refractivity contribution >= 4 is 16.5 Å². The Balaban J connectivity index is 1.81. The highest BCUT2D eigenvalue weighted by atomic mass is 19.1. The molecular formula is C17H17FN2O. The summed E-state index contributed by atoms with van der Waals surface area (Å²) in [4.78, 5) is 6.54. The predicted molar refractivity (Wildman–Crippen MR) is 80.5 cm³/mol. The molecular weight excluding hydrogens is 267 g/mol. The number of ether oxygens (including phenoxy) is 1. The van der Waals surface area contributed by atoms with Crippen molar-refractivity contribution in [3.63, 3.8) is 0 Å². The average molecular weight is 284 g/mol. The number of pyridine rings is 1. The fraction of sp³-hybridized carbons (Fsp3) is 0.353. The van der Waals surface area contributed by atoms with E-state index >= 15 is 0 Å². The summed E-state index contributed by atoms with van der Waals surface area (Å²) in [6.07, 6.45) is 4.67. The molecule has 0 radical (unpaired) electrons. The molecule has 2 aliphatic rings. The first-order valence-electron chi connectivity index (χ1n) is 7.27. The van der Waals surface area contributed by atoms with Gasteiger partial charge in [0.1, 0.15) is 5.82 Å². The van der Waals surface area contributed by atoms with E-state index in [2.05, 4.69) is 23.0 Å². The maximum atomic E-state index is 14.5. The molecule has 2 bridgehead atoms. The fourth-order valence-corrected chi connectivity index (χ4v) is 3.29. The Hall–Kier alpha value is -1.78. The van der Waals surface area contributed by atoms with Gasteiger partial charge in [0.15, 0.2) is 0 Å². The first-order chi connectivity index (χ1) is 10.2. The van der Waals surface area contributed by atoms with Gasteiger partial charge < -0.3 is 4.74 Å². The molecule has 0 saturated carbocycles. The van der Waals surface area contributed by atoms with Crippen molar-refractivity contribution in [3.05, 3.63) is 47.9 Å². The second-order valence-electron chi connectivity index (χ2n) is 5.85. The van der Waals surface area contributed by atoms with Gasteiger partial charge in [0, 0.05) is 29.3 Å². The highest BCUT2D eigenvalue weighted by Gasteiger charge is 2.32. The van der Waals surface area contributed by atoms with Crippen LogP contribution in [-0.4, -0.2) is 42.2 Å². The highest BCUT2D eigenvalue weighted by Crippen LogP contribution is 2.33. The third-order valence-electron chi connectivity index (χ3n) is 4.58. The zero-order valence-electron chi connectivity index (χ0n) is 11.9. The van der Waals surface area contributed by atoms with Crippen LogP contribution in [-0.2, 0) is 4.74 Å². The quantitative estimate of drug-likeness (QED) is 0.805. The highest BCUT2D eigenvalue weighted by molar-refractivity contribution is 5.84. The van der Waals surface area contributed by atoms with Crippen molar-refractivity contribution < 1.29 is 9.13 Å². The van der Waals surface area contributed by atoms with E-state index in [0.29, 0.717) is 23.7 Å². The van der Waals surface area contributed by atoms with Gasteiger partial charge in [0.25, 0.3) is 0 Å². The number of likely N-dealkylation sites (N-methyl/N-ethyl adjacent to an activating group) is 1. The zero-order valence-corrected chi connectivity index (χ0v) is 11.9. The molecule has 2 aromatic rings. The SMILES string of the molecule is CN1C2C=C(c3cc4cccnc4cc3F)CC1COC2. The summed E-state index contributed by atoms with van der Waals surface area (Å²) in [5.41, 5.74) is 2.51. The molecule has 21 heavy (non-hydrogen) atoms. The second-order valence-corrected chi connectivity index (χ2v) is 5.85. The van der Waals surface area contributed by atoms with Gasteiger partial charge in [-0.15, -0.1) is 0 Å². The molecule has 4 rings (SSSR count). The van der Waals surface area contributed by atoms with E-state index < -0.39 is 0 Å². The van der Waals surface area contributed by atoms with Crippen LogP contribution in [0.4, 0.5) is 4.39 Å². The van der Waals surface area contributed by atoms with E-state index in [1.54, 1.807) is 6.20 Å². The lowest BCUT2D eigenvalue weighted by molar-refractivity contribution is -0.0221. The number of rotatable bonds is 1. The molecule has 0 spiro atoms. The van der Waals surface area contributed by atoms with Crippen molar-refractivity contribution in [2.45, 2.75) is 18.5 Å². The summed E-state index contributed by atoms with van der Waals surface area (Å²) >= 11 is 0. The molecule has 0 N–H and O–H groups in total. The van der Waals surface area contributed by atoms with Crippen LogP contribution in [0.1, 0.15) is 12.0 Å². The Morgan fingerprint density at radius 1 is 1.33 bits per heavy atom.